The molecule has 136 valence electrons. The zero-order valence-electron chi connectivity index (χ0n) is 14.7. The maximum atomic E-state index is 11.5. The molecule has 0 radical (unpaired) electrons. The predicted octanol–water partition coefficient (Wildman–Crippen LogP) is 3.01. The van der Waals surface area contributed by atoms with Crippen molar-refractivity contribution in [3.63, 3.8) is 0 Å². The summed E-state index contributed by atoms with van der Waals surface area (Å²) < 4.78 is 0. The van der Waals surface area contributed by atoms with E-state index in [1.165, 1.54) is 0 Å². The van der Waals surface area contributed by atoms with Gasteiger partial charge in [-0.05, 0) is 80.5 Å². The van der Waals surface area contributed by atoms with E-state index in [1.807, 2.05) is 0 Å². The Morgan fingerprint density at radius 2 is 1.88 bits per heavy atom. The highest BCUT2D eigenvalue weighted by atomic mass is 16.6. The van der Waals surface area contributed by atoms with Crippen LogP contribution in [0.2, 0.25) is 0 Å². The van der Waals surface area contributed by atoms with E-state index < -0.39 is 0 Å². The second kappa shape index (κ2) is 5.66. The van der Waals surface area contributed by atoms with Crippen molar-refractivity contribution in [3.8, 4) is 0 Å². The molecule has 6 unspecified atom stereocenters. The van der Waals surface area contributed by atoms with E-state index in [-0.39, 0.29) is 34.5 Å². The Balaban J connectivity index is 1.64. The lowest BCUT2D eigenvalue weighted by Gasteiger charge is -2.60. The summed E-state index contributed by atoms with van der Waals surface area (Å²) in [6.07, 6.45) is 8.25. The summed E-state index contributed by atoms with van der Waals surface area (Å²) in [4.78, 5) is 11.5. The van der Waals surface area contributed by atoms with Gasteiger partial charge in [0.1, 0.15) is 0 Å². The van der Waals surface area contributed by atoms with E-state index in [4.69, 9.17) is 0 Å². The highest BCUT2D eigenvalue weighted by Crippen LogP contribution is 2.66. The van der Waals surface area contributed by atoms with Crippen molar-refractivity contribution in [3.05, 3.63) is 10.1 Å². The van der Waals surface area contributed by atoms with Gasteiger partial charge in [0.25, 0.3) is 0 Å². The smallest absolute Gasteiger partial charge is 0.218 e. The molecule has 5 nitrogen and oxygen atoms in total. The van der Waals surface area contributed by atoms with Crippen molar-refractivity contribution in [1.29, 1.82) is 0 Å². The molecule has 8 atom stereocenters. The summed E-state index contributed by atoms with van der Waals surface area (Å²) in [6.45, 7) is 2.39. The van der Waals surface area contributed by atoms with Gasteiger partial charge in [-0.2, -0.15) is 0 Å². The van der Waals surface area contributed by atoms with Gasteiger partial charge in [0.2, 0.25) is 6.04 Å². The standard InChI is InChI=1S/C19H31NO4/c1-18-8-7-16-14(15(18)4-5-17(18)20(23)24)3-2-12-10-13(22)6-9-19(12,16)11-21/h12-17,21-22H,2-11H2,1H3/t12?,13-,14?,15?,16+,17?,18?,19?/m1/s1. The maximum absolute atomic E-state index is 11.5. The summed E-state index contributed by atoms with van der Waals surface area (Å²) >= 11 is 0. The molecular weight excluding hydrogens is 306 g/mol. The molecule has 0 bridgehead atoms. The Morgan fingerprint density at radius 1 is 1.08 bits per heavy atom. The van der Waals surface area contributed by atoms with Crippen LogP contribution in [0.4, 0.5) is 0 Å². The molecule has 2 N–H and O–H groups in total. The van der Waals surface area contributed by atoms with Gasteiger partial charge in [0.05, 0.1) is 6.10 Å². The monoisotopic (exact) mass is 337 g/mol. The first-order valence-electron chi connectivity index (χ1n) is 9.85. The van der Waals surface area contributed by atoms with Gasteiger partial charge >= 0.3 is 0 Å². The third kappa shape index (κ3) is 2.13. The van der Waals surface area contributed by atoms with Crippen molar-refractivity contribution in [2.45, 2.75) is 76.9 Å². The number of hydrogen-bond acceptors (Lipinski definition) is 4. The van der Waals surface area contributed by atoms with Crippen LogP contribution in [0.3, 0.4) is 0 Å². The number of nitrogens with zero attached hydrogens (tertiary/aromatic N) is 1. The summed E-state index contributed by atoms with van der Waals surface area (Å²) in [7, 11) is 0. The van der Waals surface area contributed by atoms with Crippen LogP contribution < -0.4 is 0 Å². The molecular formula is C19H31NO4. The SMILES string of the molecule is CC12CC[C@H]3C(CCC4C[C@H](O)CCC43CO)C1CCC2[N+](=O)[O-]. The number of rotatable bonds is 2. The summed E-state index contributed by atoms with van der Waals surface area (Å²) in [5.41, 5.74) is -0.182. The molecule has 4 saturated carbocycles. The minimum absolute atomic E-state index is 0.0231. The van der Waals surface area contributed by atoms with Crippen molar-refractivity contribution in [2.75, 3.05) is 6.61 Å². The van der Waals surface area contributed by atoms with Crippen molar-refractivity contribution in [2.24, 2.45) is 34.5 Å². The van der Waals surface area contributed by atoms with Crippen LogP contribution in [-0.4, -0.2) is 33.9 Å². The van der Waals surface area contributed by atoms with E-state index in [0.29, 0.717) is 23.7 Å². The fraction of sp³-hybridized carbons (Fsp3) is 1.00. The average molecular weight is 337 g/mol. The molecule has 0 heterocycles. The lowest BCUT2D eigenvalue weighted by Crippen LogP contribution is -2.57. The van der Waals surface area contributed by atoms with Crippen LogP contribution in [0.25, 0.3) is 0 Å². The predicted molar refractivity (Wildman–Crippen MR) is 89.9 cm³/mol. The molecule has 0 amide bonds. The first-order valence-corrected chi connectivity index (χ1v) is 9.85. The lowest BCUT2D eigenvalue weighted by atomic mass is 9.44. The van der Waals surface area contributed by atoms with Crippen LogP contribution in [0.15, 0.2) is 0 Å². The van der Waals surface area contributed by atoms with Crippen molar-refractivity contribution in [1.82, 2.24) is 0 Å². The van der Waals surface area contributed by atoms with E-state index >= 15 is 0 Å². The van der Waals surface area contributed by atoms with Gasteiger partial charge in [0, 0.05) is 23.4 Å². The molecule has 4 fully saturated rings. The molecule has 5 heteroatoms. The van der Waals surface area contributed by atoms with E-state index in [2.05, 4.69) is 6.92 Å². The molecule has 24 heavy (non-hydrogen) atoms. The molecule has 0 spiro atoms. The van der Waals surface area contributed by atoms with Crippen LogP contribution in [-0.2, 0) is 0 Å². The zero-order valence-corrected chi connectivity index (χ0v) is 14.7. The van der Waals surface area contributed by atoms with Gasteiger partial charge in [-0.25, -0.2) is 0 Å². The zero-order chi connectivity index (χ0) is 17.1. The second-order valence-corrected chi connectivity index (χ2v) is 9.39. The minimum Gasteiger partial charge on any atom is -0.396 e. The topological polar surface area (TPSA) is 83.6 Å². The number of hydrogen-bond donors (Lipinski definition) is 2. The van der Waals surface area contributed by atoms with Crippen LogP contribution in [0.1, 0.15) is 64.7 Å². The van der Waals surface area contributed by atoms with E-state index in [9.17, 15) is 20.3 Å². The van der Waals surface area contributed by atoms with Gasteiger partial charge in [-0.3, -0.25) is 10.1 Å². The fourth-order valence-corrected chi connectivity index (χ4v) is 7.66. The molecule has 0 aromatic carbocycles. The number of aliphatic hydroxyl groups excluding tert-OH is 2. The van der Waals surface area contributed by atoms with E-state index in [0.717, 1.165) is 57.8 Å². The Hall–Kier alpha value is -0.680. The molecule has 0 aromatic rings. The van der Waals surface area contributed by atoms with Crippen LogP contribution in [0, 0.1) is 44.6 Å². The maximum Gasteiger partial charge on any atom is 0.218 e. The fourth-order valence-electron chi connectivity index (χ4n) is 7.66. The molecule has 0 saturated heterocycles. The first kappa shape index (κ1) is 16.8. The van der Waals surface area contributed by atoms with Crippen LogP contribution >= 0.6 is 0 Å². The molecule has 4 rings (SSSR count). The highest BCUT2D eigenvalue weighted by Gasteiger charge is 2.64. The minimum atomic E-state index is -0.376. The normalized spacial score (nSPS) is 53.8. The van der Waals surface area contributed by atoms with Gasteiger partial charge in [-0.1, -0.05) is 6.92 Å². The Bertz CT molecular complexity index is 525. The largest absolute Gasteiger partial charge is 0.396 e. The lowest BCUT2D eigenvalue weighted by molar-refractivity contribution is -0.540. The van der Waals surface area contributed by atoms with Crippen LogP contribution in [0.5, 0.6) is 0 Å². The highest BCUT2D eigenvalue weighted by molar-refractivity contribution is 5.10. The Kier molecular flexibility index (Phi) is 3.96. The number of nitro groups is 1. The number of aliphatic hydroxyl groups is 2. The Morgan fingerprint density at radius 3 is 2.58 bits per heavy atom. The third-order valence-corrected chi connectivity index (χ3v) is 8.84. The molecule has 0 aliphatic heterocycles. The van der Waals surface area contributed by atoms with Gasteiger partial charge in [0.15, 0.2) is 0 Å². The quantitative estimate of drug-likeness (QED) is 0.599. The molecule has 4 aliphatic rings. The molecule has 4 aliphatic carbocycles. The first-order chi connectivity index (χ1) is 11.4. The molecule has 0 aromatic heterocycles. The summed E-state index contributed by atoms with van der Waals surface area (Å²) in [5, 5.41) is 32.0. The van der Waals surface area contributed by atoms with Crippen molar-refractivity contribution < 1.29 is 15.1 Å². The summed E-state index contributed by atoms with van der Waals surface area (Å²) in [6, 6.07) is -0.376. The Labute approximate surface area is 144 Å². The van der Waals surface area contributed by atoms with Gasteiger partial charge in [-0.15, -0.1) is 0 Å². The third-order valence-electron chi connectivity index (χ3n) is 8.84. The van der Waals surface area contributed by atoms with E-state index in [1.54, 1.807) is 0 Å². The van der Waals surface area contributed by atoms with Gasteiger partial charge < -0.3 is 10.2 Å². The van der Waals surface area contributed by atoms with Crippen molar-refractivity contribution >= 4 is 0 Å². The summed E-state index contributed by atoms with van der Waals surface area (Å²) in [5.74, 6) is 1.91. The average Bonchev–Trinajstić information content (AvgIpc) is 2.91. The number of fused-ring (bicyclic) bond motifs is 5. The second-order valence-electron chi connectivity index (χ2n) is 9.39.